The van der Waals surface area contributed by atoms with E-state index >= 15 is 0 Å². The average molecular weight is 276 g/mol. The van der Waals surface area contributed by atoms with E-state index in [1.165, 1.54) is 30.4 Å². The summed E-state index contributed by atoms with van der Waals surface area (Å²) in [6.45, 7) is 3.35. The van der Waals surface area contributed by atoms with Crippen LogP contribution in [0.15, 0.2) is 18.2 Å². The third-order valence-electron chi connectivity index (χ3n) is 4.37. The molecule has 0 saturated heterocycles. The van der Waals surface area contributed by atoms with Gasteiger partial charge in [0.1, 0.15) is 5.75 Å². The highest BCUT2D eigenvalue weighted by molar-refractivity contribution is 5.42. The minimum Gasteiger partial charge on any atom is -0.496 e. The number of benzene rings is 1. The van der Waals surface area contributed by atoms with Crippen LogP contribution in [0.2, 0.25) is 0 Å². The first kappa shape index (κ1) is 15.3. The number of hydrogen-bond acceptors (Lipinski definition) is 3. The molecule has 0 fully saturated rings. The molecule has 3 heteroatoms. The maximum atomic E-state index is 5.52. The van der Waals surface area contributed by atoms with Crippen LogP contribution >= 0.6 is 0 Å². The average Bonchev–Trinajstić information content (AvgIpc) is 2.50. The molecule has 0 spiro atoms. The van der Waals surface area contributed by atoms with Gasteiger partial charge in [-0.25, -0.2) is 0 Å². The Bertz CT molecular complexity index is 405. The van der Waals surface area contributed by atoms with Gasteiger partial charge < -0.3 is 15.4 Å². The lowest BCUT2D eigenvalue weighted by molar-refractivity contribution is 0.357. The van der Waals surface area contributed by atoms with Crippen LogP contribution in [0.5, 0.6) is 5.75 Å². The first-order valence-electron chi connectivity index (χ1n) is 7.83. The molecule has 0 amide bonds. The fraction of sp³-hybridized carbons (Fsp3) is 0.647. The molecule has 2 unspecified atom stereocenters. The van der Waals surface area contributed by atoms with Crippen molar-refractivity contribution in [2.24, 2.45) is 0 Å². The van der Waals surface area contributed by atoms with Crippen molar-refractivity contribution in [2.75, 3.05) is 20.7 Å². The van der Waals surface area contributed by atoms with Gasteiger partial charge in [-0.2, -0.15) is 0 Å². The van der Waals surface area contributed by atoms with Crippen molar-refractivity contribution in [3.63, 3.8) is 0 Å². The lowest BCUT2D eigenvalue weighted by atomic mass is 9.87. The van der Waals surface area contributed by atoms with Gasteiger partial charge in [-0.3, -0.25) is 0 Å². The smallest absolute Gasteiger partial charge is 0.122 e. The van der Waals surface area contributed by atoms with Gasteiger partial charge in [0.25, 0.3) is 0 Å². The maximum absolute atomic E-state index is 5.52. The fourth-order valence-electron chi connectivity index (χ4n) is 3.15. The number of fused-ring (bicyclic) bond motifs is 1. The van der Waals surface area contributed by atoms with Crippen molar-refractivity contribution in [1.82, 2.24) is 10.6 Å². The monoisotopic (exact) mass is 276 g/mol. The highest BCUT2D eigenvalue weighted by Crippen LogP contribution is 2.29. The number of ether oxygens (including phenoxy) is 1. The molecule has 1 aromatic carbocycles. The zero-order valence-electron chi connectivity index (χ0n) is 13.0. The third kappa shape index (κ3) is 3.74. The van der Waals surface area contributed by atoms with Crippen LogP contribution in [0.1, 0.15) is 37.3 Å². The summed E-state index contributed by atoms with van der Waals surface area (Å²) in [4.78, 5) is 0. The fourth-order valence-corrected chi connectivity index (χ4v) is 3.15. The molecule has 1 aliphatic carbocycles. The summed E-state index contributed by atoms with van der Waals surface area (Å²) in [5.74, 6) is 1.05. The van der Waals surface area contributed by atoms with E-state index in [0.717, 1.165) is 25.1 Å². The van der Waals surface area contributed by atoms with Gasteiger partial charge in [0.2, 0.25) is 0 Å². The molecule has 0 aromatic heterocycles. The van der Waals surface area contributed by atoms with Crippen LogP contribution < -0.4 is 15.4 Å². The van der Waals surface area contributed by atoms with Crippen LogP contribution in [0.3, 0.4) is 0 Å². The maximum Gasteiger partial charge on any atom is 0.122 e. The molecule has 2 rings (SSSR count). The van der Waals surface area contributed by atoms with Crippen molar-refractivity contribution in [3.05, 3.63) is 29.3 Å². The van der Waals surface area contributed by atoms with Crippen LogP contribution in [-0.2, 0) is 12.8 Å². The normalized spacial score (nSPS) is 19.4. The van der Waals surface area contributed by atoms with E-state index in [2.05, 4.69) is 35.8 Å². The highest BCUT2D eigenvalue weighted by Gasteiger charge is 2.22. The minimum atomic E-state index is 0.584. The van der Waals surface area contributed by atoms with Crippen molar-refractivity contribution in [1.29, 1.82) is 0 Å². The van der Waals surface area contributed by atoms with Gasteiger partial charge in [0.05, 0.1) is 7.11 Å². The predicted molar refractivity (Wildman–Crippen MR) is 84.6 cm³/mol. The summed E-state index contributed by atoms with van der Waals surface area (Å²) in [7, 11) is 3.79. The van der Waals surface area contributed by atoms with Gasteiger partial charge in [-0.05, 0) is 62.9 Å². The van der Waals surface area contributed by atoms with E-state index in [-0.39, 0.29) is 0 Å². The Morgan fingerprint density at radius 1 is 1.40 bits per heavy atom. The second kappa shape index (κ2) is 7.65. The van der Waals surface area contributed by atoms with Crippen LogP contribution in [0.4, 0.5) is 0 Å². The molecule has 1 aromatic rings. The standard InChI is InChI=1S/C17H28N2O/c1-4-14(10-11-18-2)19-15-9-8-13-6-5-7-17(20-3)16(13)12-15/h5-7,14-15,18-19H,4,8-12H2,1-3H3. The Balaban J connectivity index is 1.99. The van der Waals surface area contributed by atoms with Gasteiger partial charge in [0.15, 0.2) is 0 Å². The Morgan fingerprint density at radius 3 is 2.95 bits per heavy atom. The van der Waals surface area contributed by atoms with Crippen molar-refractivity contribution in [3.8, 4) is 5.75 Å². The lowest BCUT2D eigenvalue weighted by Crippen LogP contribution is -2.42. The molecule has 0 radical (unpaired) electrons. The van der Waals surface area contributed by atoms with Crippen LogP contribution in [-0.4, -0.2) is 32.8 Å². The molecule has 0 saturated carbocycles. The number of hydrogen-bond donors (Lipinski definition) is 2. The van der Waals surface area contributed by atoms with Crippen molar-refractivity contribution >= 4 is 0 Å². The number of methoxy groups -OCH3 is 1. The summed E-state index contributed by atoms with van der Waals surface area (Å²) in [5.41, 5.74) is 2.87. The second-order valence-electron chi connectivity index (χ2n) is 5.70. The molecular weight excluding hydrogens is 248 g/mol. The molecule has 1 aliphatic rings. The predicted octanol–water partition coefficient (Wildman–Crippen LogP) is 2.53. The quantitative estimate of drug-likeness (QED) is 0.803. The SMILES string of the molecule is CCC(CCNC)NC1CCc2cccc(OC)c2C1. The van der Waals surface area contributed by atoms with Crippen LogP contribution in [0.25, 0.3) is 0 Å². The van der Waals surface area contributed by atoms with Gasteiger partial charge in [0, 0.05) is 12.1 Å². The summed E-state index contributed by atoms with van der Waals surface area (Å²) >= 11 is 0. The Hall–Kier alpha value is -1.06. The van der Waals surface area contributed by atoms with E-state index in [1.54, 1.807) is 7.11 Å². The molecule has 2 atom stereocenters. The largest absolute Gasteiger partial charge is 0.496 e. The summed E-state index contributed by atoms with van der Waals surface area (Å²) in [5, 5.41) is 7.08. The van der Waals surface area contributed by atoms with Crippen molar-refractivity contribution in [2.45, 2.75) is 51.1 Å². The zero-order valence-corrected chi connectivity index (χ0v) is 13.0. The van der Waals surface area contributed by atoms with E-state index in [0.29, 0.717) is 12.1 Å². The summed E-state index contributed by atoms with van der Waals surface area (Å²) in [6, 6.07) is 7.63. The second-order valence-corrected chi connectivity index (χ2v) is 5.70. The molecule has 0 heterocycles. The van der Waals surface area contributed by atoms with E-state index in [9.17, 15) is 0 Å². The Labute approximate surface area is 123 Å². The van der Waals surface area contributed by atoms with E-state index < -0.39 is 0 Å². The van der Waals surface area contributed by atoms with Crippen LogP contribution in [0, 0.1) is 0 Å². The van der Waals surface area contributed by atoms with E-state index in [1.807, 2.05) is 7.05 Å². The van der Waals surface area contributed by atoms with E-state index in [4.69, 9.17) is 4.74 Å². The molecular formula is C17H28N2O. The molecule has 112 valence electrons. The van der Waals surface area contributed by atoms with Crippen molar-refractivity contribution < 1.29 is 4.74 Å². The molecule has 0 bridgehead atoms. The lowest BCUT2D eigenvalue weighted by Gasteiger charge is -2.30. The third-order valence-corrected chi connectivity index (χ3v) is 4.37. The Morgan fingerprint density at radius 2 is 2.25 bits per heavy atom. The van der Waals surface area contributed by atoms with Gasteiger partial charge in [-0.15, -0.1) is 0 Å². The summed E-state index contributed by atoms with van der Waals surface area (Å²) < 4.78 is 5.52. The van der Waals surface area contributed by atoms with Gasteiger partial charge in [-0.1, -0.05) is 19.1 Å². The molecule has 3 nitrogen and oxygen atoms in total. The summed E-state index contributed by atoms with van der Waals surface area (Å²) in [6.07, 6.45) is 5.87. The van der Waals surface area contributed by atoms with Gasteiger partial charge >= 0.3 is 0 Å². The number of rotatable bonds is 7. The molecule has 20 heavy (non-hydrogen) atoms. The highest BCUT2D eigenvalue weighted by atomic mass is 16.5. The topological polar surface area (TPSA) is 33.3 Å². The number of aryl methyl sites for hydroxylation is 1. The Kier molecular flexibility index (Phi) is 5.86. The molecule has 0 aliphatic heterocycles. The first-order chi connectivity index (χ1) is 9.78. The zero-order chi connectivity index (χ0) is 14.4. The molecule has 2 N–H and O–H groups in total. The minimum absolute atomic E-state index is 0.584. The first-order valence-corrected chi connectivity index (χ1v) is 7.83. The number of nitrogens with one attached hydrogen (secondary N) is 2.